The Morgan fingerprint density at radius 2 is 0.885 bits per heavy atom. The van der Waals surface area contributed by atoms with Gasteiger partial charge in [0.05, 0.1) is 0 Å². The topological polar surface area (TPSA) is 13.1 Å². The third kappa shape index (κ3) is 4.11. The minimum absolute atomic E-state index is 0.0727. The molecular weight excluding hydrogens is 629 g/mol. The standard InChI is InChI=1S/C51H34O/c1-51(2)45-25-23-34(29-42(45)43-27-31-13-3-4-14-32(31)30-46(43)51)49-38-18-7-9-20-40(38)50(41-21-10-8-19-39(41)49)37-17-6-5-15-35(37)33-24-26-48-44(28-33)36-16-11-12-22-47(36)52-48/h3-30H,1-2H3. The molecule has 0 radical (unpaired) electrons. The Morgan fingerprint density at radius 3 is 1.62 bits per heavy atom. The molecule has 9 aromatic carbocycles. The molecule has 10 aromatic rings. The van der Waals surface area contributed by atoms with E-state index >= 15 is 0 Å². The van der Waals surface area contributed by atoms with Gasteiger partial charge >= 0.3 is 0 Å². The third-order valence-electron chi connectivity index (χ3n) is 11.6. The van der Waals surface area contributed by atoms with Gasteiger partial charge in [-0.2, -0.15) is 0 Å². The van der Waals surface area contributed by atoms with Gasteiger partial charge in [-0.25, -0.2) is 0 Å². The lowest BCUT2D eigenvalue weighted by molar-refractivity contribution is 0.661. The molecule has 0 spiro atoms. The number of hydrogen-bond donors (Lipinski definition) is 0. The summed E-state index contributed by atoms with van der Waals surface area (Å²) in [5.41, 5.74) is 14.7. The Bertz CT molecular complexity index is 3040. The van der Waals surface area contributed by atoms with Crippen molar-refractivity contribution < 1.29 is 4.42 Å². The molecule has 1 aliphatic carbocycles. The lowest BCUT2D eigenvalue weighted by Crippen LogP contribution is -2.14. The first-order valence-corrected chi connectivity index (χ1v) is 18.2. The number of fused-ring (bicyclic) bond motifs is 9. The SMILES string of the molecule is CC1(C)c2ccc(-c3c4ccccc4c(-c4ccccc4-c4ccc5oc6ccccc6c5c4)c4ccccc34)cc2-c2cc3ccccc3cc21. The summed E-state index contributed by atoms with van der Waals surface area (Å²) in [6.07, 6.45) is 0. The molecule has 0 atom stereocenters. The maximum Gasteiger partial charge on any atom is 0.135 e. The molecule has 244 valence electrons. The number of hydrogen-bond acceptors (Lipinski definition) is 1. The summed E-state index contributed by atoms with van der Waals surface area (Å²) in [7, 11) is 0. The van der Waals surface area contributed by atoms with E-state index in [9.17, 15) is 0 Å². The number of benzene rings is 9. The van der Waals surface area contributed by atoms with Gasteiger partial charge in [-0.3, -0.25) is 0 Å². The molecule has 52 heavy (non-hydrogen) atoms. The fourth-order valence-electron chi connectivity index (χ4n) is 9.17. The first-order chi connectivity index (χ1) is 25.5. The minimum atomic E-state index is -0.0727. The van der Waals surface area contributed by atoms with Crippen LogP contribution in [0.5, 0.6) is 0 Å². The highest BCUT2D eigenvalue weighted by Crippen LogP contribution is 2.52. The molecule has 0 amide bonds. The highest BCUT2D eigenvalue weighted by molar-refractivity contribution is 6.22. The maximum absolute atomic E-state index is 6.21. The van der Waals surface area contributed by atoms with Crippen LogP contribution in [0.1, 0.15) is 25.0 Å². The van der Waals surface area contributed by atoms with Crippen LogP contribution in [0.15, 0.2) is 174 Å². The molecule has 0 saturated heterocycles. The molecule has 0 unspecified atom stereocenters. The van der Waals surface area contributed by atoms with Crippen LogP contribution >= 0.6 is 0 Å². The van der Waals surface area contributed by atoms with Crippen LogP contribution in [-0.2, 0) is 5.41 Å². The van der Waals surface area contributed by atoms with Crippen LogP contribution in [0, 0.1) is 0 Å². The summed E-state index contributed by atoms with van der Waals surface area (Å²) < 4.78 is 6.21. The molecule has 0 aliphatic heterocycles. The van der Waals surface area contributed by atoms with Crippen LogP contribution in [0.25, 0.3) is 98.8 Å². The lowest BCUT2D eigenvalue weighted by atomic mass is 9.81. The first kappa shape index (κ1) is 29.3. The maximum atomic E-state index is 6.21. The van der Waals surface area contributed by atoms with E-state index in [2.05, 4.69) is 172 Å². The Balaban J connectivity index is 1.16. The normalized spacial score (nSPS) is 13.3. The van der Waals surface area contributed by atoms with Crippen molar-refractivity contribution in [2.75, 3.05) is 0 Å². The summed E-state index contributed by atoms with van der Waals surface area (Å²) in [6.45, 7) is 4.74. The average Bonchev–Trinajstić information content (AvgIpc) is 3.67. The summed E-state index contributed by atoms with van der Waals surface area (Å²) in [5, 5.41) is 9.91. The first-order valence-electron chi connectivity index (χ1n) is 18.2. The third-order valence-corrected chi connectivity index (χ3v) is 11.6. The largest absolute Gasteiger partial charge is 0.456 e. The van der Waals surface area contributed by atoms with E-state index < -0.39 is 0 Å². The van der Waals surface area contributed by atoms with E-state index in [-0.39, 0.29) is 5.41 Å². The van der Waals surface area contributed by atoms with Crippen molar-refractivity contribution >= 4 is 54.3 Å². The van der Waals surface area contributed by atoms with Crippen molar-refractivity contribution in [3.63, 3.8) is 0 Å². The molecule has 0 saturated carbocycles. The van der Waals surface area contributed by atoms with Gasteiger partial charge in [0.2, 0.25) is 0 Å². The molecule has 1 heterocycles. The molecule has 1 aliphatic rings. The van der Waals surface area contributed by atoms with Gasteiger partial charge in [-0.15, -0.1) is 0 Å². The molecule has 0 bridgehead atoms. The monoisotopic (exact) mass is 662 g/mol. The zero-order chi connectivity index (χ0) is 34.6. The molecular formula is C51H34O. The van der Waals surface area contributed by atoms with E-state index in [0.29, 0.717) is 0 Å². The van der Waals surface area contributed by atoms with Gasteiger partial charge in [0.1, 0.15) is 11.2 Å². The minimum Gasteiger partial charge on any atom is -0.456 e. The smallest absolute Gasteiger partial charge is 0.135 e. The predicted molar refractivity (Wildman–Crippen MR) is 220 cm³/mol. The molecule has 0 N–H and O–H groups in total. The van der Waals surface area contributed by atoms with Gasteiger partial charge < -0.3 is 4.42 Å². The van der Waals surface area contributed by atoms with Gasteiger partial charge in [0, 0.05) is 16.2 Å². The number of furan rings is 1. The zero-order valence-corrected chi connectivity index (χ0v) is 29.1. The van der Waals surface area contributed by atoms with Crippen LogP contribution in [0.2, 0.25) is 0 Å². The molecule has 0 fully saturated rings. The van der Waals surface area contributed by atoms with E-state index in [1.807, 2.05) is 12.1 Å². The Kier molecular flexibility index (Phi) is 6.08. The quantitative estimate of drug-likeness (QED) is 0.172. The second-order valence-corrected chi connectivity index (χ2v) is 14.8. The average molecular weight is 663 g/mol. The van der Waals surface area contributed by atoms with Crippen molar-refractivity contribution in [1.82, 2.24) is 0 Å². The van der Waals surface area contributed by atoms with Crippen molar-refractivity contribution in [2.45, 2.75) is 19.3 Å². The molecule has 11 rings (SSSR count). The van der Waals surface area contributed by atoms with Crippen molar-refractivity contribution in [3.05, 3.63) is 181 Å². The van der Waals surface area contributed by atoms with Crippen molar-refractivity contribution in [1.29, 1.82) is 0 Å². The van der Waals surface area contributed by atoms with Gasteiger partial charge in [0.15, 0.2) is 0 Å². The molecule has 1 nitrogen and oxygen atoms in total. The van der Waals surface area contributed by atoms with Crippen LogP contribution < -0.4 is 0 Å². The van der Waals surface area contributed by atoms with Gasteiger partial charge in [-0.1, -0.05) is 147 Å². The fourth-order valence-corrected chi connectivity index (χ4v) is 9.17. The van der Waals surface area contributed by atoms with E-state index in [0.717, 1.165) is 21.9 Å². The van der Waals surface area contributed by atoms with E-state index in [1.54, 1.807) is 0 Å². The number of rotatable bonds is 3. The second-order valence-electron chi connectivity index (χ2n) is 14.8. The van der Waals surface area contributed by atoms with Crippen LogP contribution in [-0.4, -0.2) is 0 Å². The summed E-state index contributed by atoms with van der Waals surface area (Å²) in [5.74, 6) is 0. The van der Waals surface area contributed by atoms with Crippen molar-refractivity contribution in [2.24, 2.45) is 0 Å². The second kappa shape index (κ2) is 10.8. The highest BCUT2D eigenvalue weighted by Gasteiger charge is 2.36. The van der Waals surface area contributed by atoms with E-state index in [4.69, 9.17) is 4.42 Å². The van der Waals surface area contributed by atoms with Gasteiger partial charge in [0.25, 0.3) is 0 Å². The Labute approximate surface area is 302 Å². The van der Waals surface area contributed by atoms with Crippen LogP contribution in [0.3, 0.4) is 0 Å². The Hall–Kier alpha value is -6.44. The predicted octanol–water partition coefficient (Wildman–Crippen LogP) is 14.4. The highest BCUT2D eigenvalue weighted by atomic mass is 16.3. The summed E-state index contributed by atoms with van der Waals surface area (Å²) in [4.78, 5) is 0. The molecule has 1 heteroatoms. The van der Waals surface area contributed by atoms with Gasteiger partial charge in [-0.05, 0) is 124 Å². The Morgan fingerprint density at radius 1 is 0.346 bits per heavy atom. The van der Waals surface area contributed by atoms with Crippen LogP contribution in [0.4, 0.5) is 0 Å². The molecule has 1 aromatic heterocycles. The fraction of sp³-hybridized carbons (Fsp3) is 0.0588. The number of para-hydroxylation sites is 1. The zero-order valence-electron chi connectivity index (χ0n) is 29.1. The van der Waals surface area contributed by atoms with E-state index in [1.165, 1.54) is 88.0 Å². The lowest BCUT2D eigenvalue weighted by Gasteiger charge is -2.22. The summed E-state index contributed by atoms with van der Waals surface area (Å²) in [6, 6.07) is 62.6. The van der Waals surface area contributed by atoms with Crippen molar-refractivity contribution in [3.8, 4) is 44.5 Å². The summed E-state index contributed by atoms with van der Waals surface area (Å²) >= 11 is 0.